The van der Waals surface area contributed by atoms with Crippen LogP contribution in [0.15, 0.2) is 40.9 Å². The van der Waals surface area contributed by atoms with Crippen LogP contribution >= 0.6 is 11.3 Å². The number of aromatic nitrogens is 1. The largest absolute Gasteiger partial charge is 0.444 e. The molecule has 21 nitrogen and oxygen atoms in total. The smallest absolute Gasteiger partial charge is 0.412 e. The number of sulfonamides is 1. The number of rotatable bonds is 25. The number of likely N-dealkylation sites (N-methyl/N-ethyl adjacent to an activating group) is 2. The van der Waals surface area contributed by atoms with Crippen molar-refractivity contribution in [1.82, 2.24) is 40.8 Å². The first kappa shape index (κ1) is 60.7. The molecule has 0 spiro atoms. The number of ether oxygens (including phenoxy) is 2. The fraction of sp³-hybridized carbons (Fsp3) is 0.633. The molecule has 8 amide bonds. The van der Waals surface area contributed by atoms with Gasteiger partial charge in [0.05, 0.1) is 11.8 Å². The van der Waals surface area contributed by atoms with Crippen LogP contribution in [0.5, 0.6) is 0 Å². The Hall–Kier alpha value is -5.65. The van der Waals surface area contributed by atoms with Crippen molar-refractivity contribution in [3.05, 3.63) is 57.2 Å². The predicted octanol–water partition coefficient (Wildman–Crippen LogP) is 5.06. The lowest BCUT2D eigenvalue weighted by Gasteiger charge is -2.38. The molecular formula is C49H78N10O11S2. The number of thiazole rings is 1. The van der Waals surface area contributed by atoms with Gasteiger partial charge in [-0.1, -0.05) is 52.7 Å². The minimum atomic E-state index is -4.27. The van der Waals surface area contributed by atoms with Gasteiger partial charge < -0.3 is 41.4 Å². The molecule has 0 saturated carbocycles. The second-order valence-corrected chi connectivity index (χ2v) is 22.3. The van der Waals surface area contributed by atoms with E-state index in [1.165, 1.54) is 29.6 Å². The van der Waals surface area contributed by atoms with Crippen LogP contribution in [0.25, 0.3) is 0 Å². The molecule has 8 N–H and O–H groups in total. The summed E-state index contributed by atoms with van der Waals surface area (Å²) in [6, 6.07) is 2.50. The molecule has 0 aliphatic carbocycles. The lowest BCUT2D eigenvalue weighted by atomic mass is 9.92. The highest BCUT2D eigenvalue weighted by Crippen LogP contribution is 2.31. The zero-order valence-corrected chi connectivity index (χ0v) is 45.6. The molecule has 72 heavy (non-hydrogen) atoms. The molecule has 402 valence electrons. The van der Waals surface area contributed by atoms with E-state index in [2.05, 4.69) is 36.3 Å². The number of nitrogens with two attached hydrogens (primary N) is 1. The fourth-order valence-corrected chi connectivity index (χ4v) is 9.94. The van der Waals surface area contributed by atoms with Crippen molar-refractivity contribution in [2.24, 2.45) is 17.6 Å². The molecule has 0 unspecified atom stereocenters. The number of nitrogens with zero attached hydrogens (tertiary/aromatic N) is 3. The molecular weight excluding hydrogens is 969 g/mol. The normalized spacial score (nSPS) is 16.2. The number of anilines is 1. The molecule has 6 atom stereocenters. The number of carbonyl (C=O) groups is 7. The van der Waals surface area contributed by atoms with Gasteiger partial charge in [0.1, 0.15) is 40.2 Å². The summed E-state index contributed by atoms with van der Waals surface area (Å²) < 4.78 is 40.1. The average molecular weight is 1050 g/mol. The first-order chi connectivity index (χ1) is 33.7. The highest BCUT2D eigenvalue weighted by molar-refractivity contribution is 7.89. The zero-order chi connectivity index (χ0) is 54.1. The number of hydrogen-bond acceptors (Lipinski definition) is 14. The van der Waals surface area contributed by atoms with E-state index < -0.39 is 69.4 Å². The summed E-state index contributed by atoms with van der Waals surface area (Å²) in [4.78, 5) is 100. The Morgan fingerprint density at radius 1 is 1.00 bits per heavy atom. The predicted molar refractivity (Wildman–Crippen MR) is 276 cm³/mol. The summed E-state index contributed by atoms with van der Waals surface area (Å²) in [5.41, 5.74) is 5.05. The van der Waals surface area contributed by atoms with E-state index in [4.69, 9.17) is 15.2 Å². The minimum absolute atomic E-state index is 0.0387. The van der Waals surface area contributed by atoms with Crippen LogP contribution in [-0.4, -0.2) is 128 Å². The molecule has 0 radical (unpaired) electrons. The van der Waals surface area contributed by atoms with E-state index in [1.54, 1.807) is 46.6 Å². The van der Waals surface area contributed by atoms with E-state index >= 15 is 0 Å². The number of amides is 8. The number of allylic oxidation sites excluding steroid dienone is 1. The second kappa shape index (κ2) is 28.0. The molecule has 1 aliphatic rings. The number of likely N-dealkylation sites (tertiary alicyclic amines) is 1. The highest BCUT2D eigenvalue weighted by atomic mass is 32.2. The number of primary amides is 1. The van der Waals surface area contributed by atoms with Crippen molar-refractivity contribution in [2.75, 3.05) is 39.1 Å². The number of piperidine rings is 1. The van der Waals surface area contributed by atoms with E-state index in [9.17, 15) is 42.0 Å². The maximum absolute atomic E-state index is 14.3. The Labute approximate surface area is 429 Å². The van der Waals surface area contributed by atoms with Crippen LogP contribution in [0.2, 0.25) is 0 Å². The van der Waals surface area contributed by atoms with Gasteiger partial charge in [-0.2, -0.15) is 0 Å². The molecule has 1 aromatic heterocycles. The molecule has 23 heteroatoms. The molecule has 1 aromatic carbocycles. The quantitative estimate of drug-likeness (QED) is 0.0506. The summed E-state index contributed by atoms with van der Waals surface area (Å²) in [5.74, 6) is -3.48. The van der Waals surface area contributed by atoms with Crippen molar-refractivity contribution in [2.45, 2.75) is 156 Å². The Morgan fingerprint density at radius 3 is 2.24 bits per heavy atom. The van der Waals surface area contributed by atoms with Crippen molar-refractivity contribution in [3.8, 4) is 0 Å². The maximum atomic E-state index is 14.3. The van der Waals surface area contributed by atoms with Crippen molar-refractivity contribution < 1.29 is 51.5 Å². The van der Waals surface area contributed by atoms with Crippen LogP contribution in [0, 0.1) is 11.8 Å². The Balaban J connectivity index is 1.70. The van der Waals surface area contributed by atoms with Gasteiger partial charge in [0, 0.05) is 43.7 Å². The van der Waals surface area contributed by atoms with Gasteiger partial charge in [-0.25, -0.2) is 27.7 Å². The van der Waals surface area contributed by atoms with Gasteiger partial charge in [-0.15, -0.1) is 11.3 Å². The number of carbonyl (C=O) groups excluding carboxylic acids is 7. The van der Waals surface area contributed by atoms with Gasteiger partial charge >= 0.3 is 12.1 Å². The van der Waals surface area contributed by atoms with Gasteiger partial charge in [-0.3, -0.25) is 34.2 Å². The molecule has 2 heterocycles. The van der Waals surface area contributed by atoms with Crippen LogP contribution in [-0.2, 0) is 44.4 Å². The first-order valence-corrected chi connectivity index (χ1v) is 27.0. The molecule has 3 rings (SSSR count). The molecule has 2 aromatic rings. The summed E-state index contributed by atoms with van der Waals surface area (Å²) in [6.45, 7) is 19.2. The third-order valence-corrected chi connectivity index (χ3v) is 14.2. The zero-order valence-electron chi connectivity index (χ0n) is 43.9. The van der Waals surface area contributed by atoms with E-state index in [0.717, 1.165) is 37.1 Å². The topological polar surface area (TPSA) is 290 Å². The van der Waals surface area contributed by atoms with E-state index in [0.29, 0.717) is 30.0 Å². The average Bonchev–Trinajstić information content (AvgIpc) is 3.79. The summed E-state index contributed by atoms with van der Waals surface area (Å²) in [5, 5.41) is 15.1. The van der Waals surface area contributed by atoms with Crippen LogP contribution in [0.1, 0.15) is 141 Å². The molecule has 1 saturated heterocycles. The lowest BCUT2D eigenvalue weighted by molar-refractivity contribution is -0.141. The van der Waals surface area contributed by atoms with Crippen molar-refractivity contribution in [3.63, 3.8) is 0 Å². The molecule has 0 bridgehead atoms. The first-order valence-electron chi connectivity index (χ1n) is 24.5. The highest BCUT2D eigenvalue weighted by Gasteiger charge is 2.37. The van der Waals surface area contributed by atoms with E-state index in [1.807, 2.05) is 46.6 Å². The second-order valence-electron chi connectivity index (χ2n) is 19.7. The fourth-order valence-electron chi connectivity index (χ4n) is 7.99. The molecule has 1 fully saturated rings. The van der Waals surface area contributed by atoms with Crippen molar-refractivity contribution >= 4 is 68.7 Å². The lowest BCUT2D eigenvalue weighted by Crippen LogP contribution is -2.58. The number of alkyl carbamates (subject to hydrolysis) is 1. The van der Waals surface area contributed by atoms with Gasteiger partial charge in [0.15, 0.2) is 0 Å². The Kier molecular flexibility index (Phi) is 23.6. The van der Waals surface area contributed by atoms with Crippen LogP contribution < -0.4 is 37.0 Å². The van der Waals surface area contributed by atoms with E-state index in [-0.39, 0.29) is 77.8 Å². The summed E-state index contributed by atoms with van der Waals surface area (Å²) in [7, 11) is -0.609. The third-order valence-electron chi connectivity index (χ3n) is 12.1. The Bertz CT molecular complexity index is 2330. The number of hydrogen-bond donors (Lipinski definition) is 7. The van der Waals surface area contributed by atoms with Gasteiger partial charge in [0.25, 0.3) is 11.8 Å². The third kappa shape index (κ3) is 19.4. The van der Waals surface area contributed by atoms with Crippen molar-refractivity contribution in [1.29, 1.82) is 0 Å². The summed E-state index contributed by atoms with van der Waals surface area (Å²) in [6.07, 6.45) is 2.48. The number of nitrogens with one attached hydrogen (secondary N) is 6. The number of benzene rings is 1. The monoisotopic (exact) mass is 1050 g/mol. The van der Waals surface area contributed by atoms with Crippen LogP contribution in [0.3, 0.4) is 0 Å². The Morgan fingerprint density at radius 2 is 1.67 bits per heavy atom. The SMILES string of the molecule is CCO[C@H](C[C@H](C(C)C)N(C)C(=O)[C@@H](NC(=O)[C@H]1CCCCN1C)[C@@H](C)CC)c1nc(C(=O)NS(=O)(=O)Cc2ccc(NC(=O)[C@H](CCCNC(N)=O)NC(=O)C(NC(=O)OC(C)(C)C)=C(C)C)cc2)cs1. The van der Waals surface area contributed by atoms with Crippen LogP contribution in [0.4, 0.5) is 15.3 Å². The number of urea groups is 1. The maximum Gasteiger partial charge on any atom is 0.412 e. The molecule has 1 aliphatic heterocycles. The summed E-state index contributed by atoms with van der Waals surface area (Å²) >= 11 is 1.13. The van der Waals surface area contributed by atoms with Gasteiger partial charge in [-0.05, 0) is 116 Å². The minimum Gasteiger partial charge on any atom is -0.444 e. The van der Waals surface area contributed by atoms with Gasteiger partial charge in [0.2, 0.25) is 27.7 Å². The standard InChI is InChI=1S/C49H78N10O11S2/c1-13-31(7)40(55-43(62)36-19-15-16-25-58(36)11)46(64)59(12)37(29(3)4)26-38(69-14-2)45-54-35(27-71-45)42(61)57-72(67,68)28-32-20-22-33(23-21-32)52-41(60)34(18-17-24-51-47(50)65)53-44(63)39(30(5)6)56-48(66)70-49(8,9)10/h20-23,27,29,31,34,36-38,40H,13-19,24-26,28H2,1-12H3,(H,52,60)(H,53,63)(H,55,62)(H,56,66)(H,57,61)(H3,50,51,65)/t31-,34-,36+,37+,38+,40-/m0/s1.